The first-order chi connectivity index (χ1) is 31.6. The van der Waals surface area contributed by atoms with Gasteiger partial charge in [-0.1, -0.05) is 54.6 Å². The monoisotopic (exact) mass is 880 g/mol. The highest BCUT2D eigenvalue weighted by atomic mass is 19.4. The van der Waals surface area contributed by atoms with Crippen molar-refractivity contribution in [3.05, 3.63) is 157 Å². The lowest BCUT2D eigenvalue weighted by molar-refractivity contribution is -0.137. The van der Waals surface area contributed by atoms with Gasteiger partial charge in [0.1, 0.15) is 40.2 Å². The zero-order valence-corrected chi connectivity index (χ0v) is 34.6. The summed E-state index contributed by atoms with van der Waals surface area (Å²) in [4.78, 5) is 59.7. The first-order valence-corrected chi connectivity index (χ1v) is 21.2. The summed E-state index contributed by atoms with van der Waals surface area (Å²) in [5, 5.41) is 6.41. The van der Waals surface area contributed by atoms with Crippen molar-refractivity contribution in [1.82, 2.24) is 48.5 Å². The molecule has 2 saturated heterocycles. The van der Waals surface area contributed by atoms with E-state index < -0.39 is 23.6 Å². The number of hydrogen-bond donors (Lipinski definition) is 2. The van der Waals surface area contributed by atoms with Crippen LogP contribution in [0.2, 0.25) is 0 Å². The molecule has 0 bridgehead atoms. The van der Waals surface area contributed by atoms with Crippen molar-refractivity contribution in [3.63, 3.8) is 0 Å². The smallest absolute Gasteiger partial charge is 0.368 e. The number of imidazole rings is 2. The molecule has 6 aromatic heterocycles. The fraction of sp³-hybridized carbons (Fsp3) is 0.234. The Bertz CT molecular complexity index is 3000. The Hall–Kier alpha value is -7.76. The topological polar surface area (TPSA) is 151 Å². The molecule has 2 aliphatic rings. The largest absolute Gasteiger partial charge is 0.417 e. The number of aromatic nitrogens is 8. The molecule has 18 heteroatoms. The zero-order chi connectivity index (χ0) is 44.7. The van der Waals surface area contributed by atoms with Gasteiger partial charge >= 0.3 is 6.18 Å². The summed E-state index contributed by atoms with van der Waals surface area (Å²) in [5.74, 6) is 0.458. The molecule has 2 fully saturated rings. The van der Waals surface area contributed by atoms with Crippen molar-refractivity contribution in [3.8, 4) is 22.5 Å². The van der Waals surface area contributed by atoms with Gasteiger partial charge in [-0.15, -0.1) is 0 Å². The number of hydrogen-bond acceptors (Lipinski definition) is 10. The van der Waals surface area contributed by atoms with Crippen LogP contribution >= 0.6 is 0 Å². The SMILES string of the molecule is O=C(c1c(-c2ccc(C3C[C@@H](CNc4ccc(C(F)(F)F)cn4)N(C(=O)c4c(-c5ccccc5)nc5ncccn45)C3)cc2)nc2ncccn12)N1CCC[C@H]1CNc1ccc(F)cn1. The average Bonchev–Trinajstić information content (AvgIpc) is 4.15. The summed E-state index contributed by atoms with van der Waals surface area (Å²) in [6.45, 7) is 1.52. The number of carbonyl (C=O) groups is 2. The van der Waals surface area contributed by atoms with E-state index in [-0.39, 0.29) is 36.1 Å². The molecule has 65 heavy (non-hydrogen) atoms. The van der Waals surface area contributed by atoms with E-state index in [1.54, 1.807) is 56.7 Å². The lowest BCUT2D eigenvalue weighted by Gasteiger charge is -2.25. The second-order valence-electron chi connectivity index (χ2n) is 16.1. The molecule has 2 aromatic carbocycles. The second kappa shape index (κ2) is 17.1. The van der Waals surface area contributed by atoms with Gasteiger partial charge in [-0.2, -0.15) is 13.2 Å². The number of rotatable bonds is 11. The van der Waals surface area contributed by atoms with Crippen LogP contribution in [0.5, 0.6) is 0 Å². The van der Waals surface area contributed by atoms with Gasteiger partial charge in [0.15, 0.2) is 0 Å². The van der Waals surface area contributed by atoms with Crippen molar-refractivity contribution >= 4 is 35.0 Å². The van der Waals surface area contributed by atoms with Gasteiger partial charge in [-0.3, -0.25) is 18.4 Å². The van der Waals surface area contributed by atoms with Crippen LogP contribution in [0.1, 0.15) is 57.3 Å². The first kappa shape index (κ1) is 41.3. The van der Waals surface area contributed by atoms with Gasteiger partial charge in [0.25, 0.3) is 11.8 Å². The van der Waals surface area contributed by atoms with Crippen LogP contribution in [0.15, 0.2) is 128 Å². The second-order valence-corrected chi connectivity index (χ2v) is 16.1. The van der Waals surface area contributed by atoms with E-state index in [9.17, 15) is 27.2 Å². The average molecular weight is 881 g/mol. The van der Waals surface area contributed by atoms with E-state index in [2.05, 4.69) is 30.6 Å². The third-order valence-electron chi connectivity index (χ3n) is 12.1. The number of halogens is 4. The standard InChI is InChI=1S/C47H40F4N12O2/c48-34-15-17-38(55-25-34)56-26-35-9-4-20-60(35)43(64)41-40(59-46-53-18-5-21-61(41)46)31-12-10-29(11-13-31)32-23-36(27-57-37-16-14-33(24-54-37)47(49,50)51)63(28-32)44(65)42-39(30-7-2-1-3-8-30)58-45-52-19-6-22-62(42)45/h1-3,5-8,10-19,21-22,24-25,32,35-36H,4,9,20,23,26-28H2,(H,54,57)(H,55,56)/t32?,35-,36-/m0/s1. The molecule has 1 unspecified atom stereocenters. The van der Waals surface area contributed by atoms with E-state index >= 15 is 0 Å². The number of pyridine rings is 2. The van der Waals surface area contributed by atoms with Crippen LogP contribution in [0, 0.1) is 5.82 Å². The van der Waals surface area contributed by atoms with Crippen LogP contribution in [0.4, 0.5) is 29.2 Å². The van der Waals surface area contributed by atoms with Crippen molar-refractivity contribution in [2.45, 2.75) is 43.4 Å². The van der Waals surface area contributed by atoms with Gasteiger partial charge in [-0.25, -0.2) is 34.3 Å². The zero-order valence-electron chi connectivity index (χ0n) is 34.6. The highest BCUT2D eigenvalue weighted by molar-refractivity contribution is 6.01. The Labute approximate surface area is 369 Å². The third kappa shape index (κ3) is 8.18. The number of anilines is 2. The molecule has 8 heterocycles. The third-order valence-corrected chi connectivity index (χ3v) is 12.1. The molecule has 10 rings (SSSR count). The van der Waals surface area contributed by atoms with E-state index in [0.717, 1.165) is 42.4 Å². The molecule has 14 nitrogen and oxygen atoms in total. The quantitative estimate of drug-likeness (QED) is 0.123. The first-order valence-electron chi connectivity index (χ1n) is 21.2. The van der Waals surface area contributed by atoms with Crippen molar-refractivity contribution in [2.24, 2.45) is 0 Å². The molecule has 328 valence electrons. The van der Waals surface area contributed by atoms with E-state index in [0.29, 0.717) is 71.8 Å². The highest BCUT2D eigenvalue weighted by Crippen LogP contribution is 2.37. The Kier molecular flexibility index (Phi) is 10.8. The molecule has 2 amide bonds. The van der Waals surface area contributed by atoms with E-state index in [4.69, 9.17) is 9.97 Å². The summed E-state index contributed by atoms with van der Waals surface area (Å²) in [5.41, 5.74) is 3.21. The van der Waals surface area contributed by atoms with Crippen molar-refractivity contribution in [2.75, 3.05) is 36.8 Å². The summed E-state index contributed by atoms with van der Waals surface area (Å²) < 4.78 is 56.9. The number of carbonyl (C=O) groups excluding carboxylic acids is 2. The molecule has 8 aromatic rings. The Morgan fingerprint density at radius 1 is 0.662 bits per heavy atom. The predicted molar refractivity (Wildman–Crippen MR) is 234 cm³/mol. The molecule has 0 saturated carbocycles. The minimum atomic E-state index is -4.53. The summed E-state index contributed by atoms with van der Waals surface area (Å²) in [7, 11) is 0. The maximum atomic E-state index is 14.9. The predicted octanol–water partition coefficient (Wildman–Crippen LogP) is 7.88. The summed E-state index contributed by atoms with van der Waals surface area (Å²) in [6.07, 6.45) is 6.28. The lowest BCUT2D eigenvalue weighted by atomic mass is 9.94. The number of nitrogens with one attached hydrogen (secondary N) is 2. The van der Waals surface area contributed by atoms with Crippen molar-refractivity contribution in [1.29, 1.82) is 0 Å². The molecule has 2 N–H and O–H groups in total. The van der Waals surface area contributed by atoms with Crippen LogP contribution in [0.25, 0.3) is 34.1 Å². The lowest BCUT2D eigenvalue weighted by Crippen LogP contribution is -2.40. The van der Waals surface area contributed by atoms with Gasteiger partial charge in [0, 0.05) is 80.2 Å². The minimum absolute atomic E-state index is 0.141. The van der Waals surface area contributed by atoms with Gasteiger partial charge < -0.3 is 20.4 Å². The van der Waals surface area contributed by atoms with E-state index in [1.165, 1.54) is 12.1 Å². The van der Waals surface area contributed by atoms with Gasteiger partial charge in [0.05, 0.1) is 17.8 Å². The molecule has 3 atom stereocenters. The number of likely N-dealkylation sites (tertiary alicyclic amines) is 2. The Morgan fingerprint density at radius 2 is 1.26 bits per heavy atom. The number of fused-ring (bicyclic) bond motifs is 2. The fourth-order valence-electron chi connectivity index (χ4n) is 8.87. The van der Waals surface area contributed by atoms with Gasteiger partial charge in [-0.05, 0) is 61.2 Å². The number of alkyl halides is 3. The minimum Gasteiger partial charge on any atom is -0.368 e. The molecule has 2 aliphatic heterocycles. The van der Waals surface area contributed by atoms with Crippen LogP contribution in [-0.2, 0) is 6.18 Å². The van der Waals surface area contributed by atoms with Crippen LogP contribution < -0.4 is 10.6 Å². The van der Waals surface area contributed by atoms with Crippen LogP contribution in [0.3, 0.4) is 0 Å². The maximum Gasteiger partial charge on any atom is 0.417 e. The normalized spacial score (nSPS) is 17.6. The molecule has 0 spiro atoms. The molecular weight excluding hydrogens is 841 g/mol. The molecular formula is C47H40F4N12O2. The number of benzene rings is 2. The number of amides is 2. The fourth-order valence-corrected chi connectivity index (χ4v) is 8.87. The van der Waals surface area contributed by atoms with E-state index in [1.807, 2.05) is 59.5 Å². The van der Waals surface area contributed by atoms with Crippen molar-refractivity contribution < 1.29 is 27.2 Å². The van der Waals surface area contributed by atoms with Crippen LogP contribution in [-0.4, -0.2) is 98.6 Å². The summed E-state index contributed by atoms with van der Waals surface area (Å²) >= 11 is 0. The Morgan fingerprint density at radius 3 is 1.86 bits per heavy atom. The Balaban J connectivity index is 0.942. The summed E-state index contributed by atoms with van der Waals surface area (Å²) in [6, 6.07) is 25.3. The molecule has 0 radical (unpaired) electrons. The maximum absolute atomic E-state index is 14.9. The number of nitrogens with zero attached hydrogens (tertiary/aromatic N) is 10. The molecule has 0 aliphatic carbocycles. The highest BCUT2D eigenvalue weighted by Gasteiger charge is 2.39. The van der Waals surface area contributed by atoms with Gasteiger partial charge in [0.2, 0.25) is 11.6 Å².